The number of nitrogens with zero attached hydrogens (tertiary/aromatic N) is 2. The van der Waals surface area contributed by atoms with Crippen molar-refractivity contribution in [3.63, 3.8) is 0 Å². The van der Waals surface area contributed by atoms with E-state index in [1.54, 1.807) is 6.07 Å². The van der Waals surface area contributed by atoms with E-state index in [0.717, 1.165) is 18.2 Å². The number of nitriles is 1. The molecule has 0 saturated carbocycles. The van der Waals surface area contributed by atoms with Crippen molar-refractivity contribution >= 4 is 29.3 Å². The van der Waals surface area contributed by atoms with Gasteiger partial charge in [-0.25, -0.2) is 5.84 Å². The number of halogens is 3. The van der Waals surface area contributed by atoms with E-state index in [-0.39, 0.29) is 30.3 Å². The summed E-state index contributed by atoms with van der Waals surface area (Å²) < 4.78 is 38.7. The minimum absolute atomic E-state index is 0.159. The molecule has 31 heavy (non-hydrogen) atoms. The van der Waals surface area contributed by atoms with E-state index in [1.165, 1.54) is 6.07 Å². The van der Waals surface area contributed by atoms with Crippen molar-refractivity contribution < 1.29 is 22.8 Å². The monoisotopic (exact) mass is 438 g/mol. The molecule has 0 radical (unpaired) electrons. The molecule has 0 aliphatic rings. The second-order valence-corrected chi connectivity index (χ2v) is 6.16. The van der Waals surface area contributed by atoms with Crippen LogP contribution < -0.4 is 33.2 Å². The van der Waals surface area contributed by atoms with Crippen LogP contribution in [0.1, 0.15) is 24.0 Å². The van der Waals surface area contributed by atoms with Gasteiger partial charge in [-0.05, 0) is 24.6 Å². The lowest BCUT2D eigenvalue weighted by atomic mass is 10.1. The Morgan fingerprint density at radius 1 is 1.32 bits per heavy atom. The number of amides is 2. The predicted molar refractivity (Wildman–Crippen MR) is 103 cm³/mol. The van der Waals surface area contributed by atoms with Gasteiger partial charge in [0.2, 0.25) is 17.8 Å². The standard InChI is InChI=1S/C17H17F3N8O3/c18-17(19,20)8-2-1-3-9(6-8)24-15(31)11(4-5-12(29)28-23)25-13-10(7-21)14(30)27-16(22)26-13/h1-3,6,11H,4-5,23H2,(H,24,31)(H,28,29)(H4,22,25,26,27,30)/t11-/m0/s1. The van der Waals surface area contributed by atoms with Crippen LogP contribution in [0.4, 0.5) is 30.6 Å². The number of aromatic nitrogens is 2. The lowest BCUT2D eigenvalue weighted by molar-refractivity contribution is -0.137. The third-order valence-corrected chi connectivity index (χ3v) is 3.96. The Kier molecular flexibility index (Phi) is 7.16. The van der Waals surface area contributed by atoms with E-state index < -0.39 is 40.7 Å². The number of anilines is 3. The van der Waals surface area contributed by atoms with Gasteiger partial charge in [0.25, 0.3) is 5.56 Å². The highest BCUT2D eigenvalue weighted by Gasteiger charge is 2.31. The van der Waals surface area contributed by atoms with Gasteiger partial charge < -0.3 is 16.4 Å². The van der Waals surface area contributed by atoms with E-state index in [2.05, 4.69) is 20.6 Å². The van der Waals surface area contributed by atoms with E-state index >= 15 is 0 Å². The van der Waals surface area contributed by atoms with Crippen LogP contribution >= 0.6 is 0 Å². The molecule has 11 nitrogen and oxygen atoms in total. The number of hydrogen-bond acceptors (Lipinski definition) is 8. The number of hydrogen-bond donors (Lipinski definition) is 6. The lowest BCUT2D eigenvalue weighted by Gasteiger charge is -2.19. The van der Waals surface area contributed by atoms with Crippen LogP contribution in [0, 0.1) is 11.3 Å². The zero-order chi connectivity index (χ0) is 23.2. The fraction of sp³-hybridized carbons (Fsp3) is 0.235. The number of rotatable bonds is 7. The van der Waals surface area contributed by atoms with Gasteiger partial charge >= 0.3 is 6.18 Å². The summed E-state index contributed by atoms with van der Waals surface area (Å²) in [5.41, 5.74) is 4.85. The van der Waals surface area contributed by atoms with Gasteiger partial charge in [-0.2, -0.15) is 23.4 Å². The molecule has 8 N–H and O–H groups in total. The molecular weight excluding hydrogens is 421 g/mol. The summed E-state index contributed by atoms with van der Waals surface area (Å²) in [5.74, 6) is 2.85. The van der Waals surface area contributed by atoms with Crippen molar-refractivity contribution in [2.24, 2.45) is 5.84 Å². The average Bonchev–Trinajstić information content (AvgIpc) is 2.70. The second kappa shape index (κ2) is 9.59. The number of nitrogens with two attached hydrogens (primary N) is 2. The summed E-state index contributed by atoms with van der Waals surface area (Å²) in [7, 11) is 0. The summed E-state index contributed by atoms with van der Waals surface area (Å²) in [6.07, 6.45) is -5.08. The van der Waals surface area contributed by atoms with Gasteiger partial charge in [0, 0.05) is 12.1 Å². The van der Waals surface area contributed by atoms with Crippen LogP contribution in [0.3, 0.4) is 0 Å². The first kappa shape index (κ1) is 23.2. The van der Waals surface area contributed by atoms with Gasteiger partial charge in [0.05, 0.1) is 5.56 Å². The summed E-state index contributed by atoms with van der Waals surface area (Å²) in [6, 6.07) is 4.22. The highest BCUT2D eigenvalue weighted by molar-refractivity contribution is 5.97. The second-order valence-electron chi connectivity index (χ2n) is 6.16. The summed E-state index contributed by atoms with van der Waals surface area (Å²) in [6.45, 7) is 0. The Bertz CT molecular complexity index is 1080. The van der Waals surface area contributed by atoms with Crippen molar-refractivity contribution in [2.75, 3.05) is 16.4 Å². The fourth-order valence-electron chi connectivity index (χ4n) is 2.48. The zero-order valence-corrected chi connectivity index (χ0v) is 15.7. The average molecular weight is 438 g/mol. The number of alkyl halides is 3. The maximum absolute atomic E-state index is 12.9. The number of hydrazine groups is 1. The van der Waals surface area contributed by atoms with Gasteiger partial charge in [0.1, 0.15) is 12.1 Å². The van der Waals surface area contributed by atoms with E-state index in [1.807, 2.05) is 5.43 Å². The zero-order valence-electron chi connectivity index (χ0n) is 15.7. The molecule has 0 aliphatic heterocycles. The van der Waals surface area contributed by atoms with Crippen molar-refractivity contribution in [2.45, 2.75) is 25.1 Å². The van der Waals surface area contributed by atoms with Crippen LogP contribution in [0.2, 0.25) is 0 Å². The summed E-state index contributed by atoms with van der Waals surface area (Å²) in [5, 5.41) is 14.0. The molecule has 0 bridgehead atoms. The fourth-order valence-corrected chi connectivity index (χ4v) is 2.48. The van der Waals surface area contributed by atoms with Gasteiger partial charge in [-0.1, -0.05) is 6.07 Å². The first-order chi connectivity index (χ1) is 14.5. The molecule has 2 rings (SSSR count). The highest BCUT2D eigenvalue weighted by atomic mass is 19.4. The van der Waals surface area contributed by atoms with Crippen molar-refractivity contribution in [3.05, 3.63) is 45.7 Å². The first-order valence-electron chi connectivity index (χ1n) is 8.59. The Morgan fingerprint density at radius 3 is 2.65 bits per heavy atom. The third kappa shape index (κ3) is 6.18. The smallest absolute Gasteiger partial charge is 0.369 e. The molecule has 0 aliphatic carbocycles. The highest BCUT2D eigenvalue weighted by Crippen LogP contribution is 2.30. The quantitative estimate of drug-likeness (QED) is 0.204. The van der Waals surface area contributed by atoms with Crippen LogP contribution in [0.15, 0.2) is 29.1 Å². The van der Waals surface area contributed by atoms with E-state index in [9.17, 15) is 27.6 Å². The maximum atomic E-state index is 12.9. The third-order valence-electron chi connectivity index (χ3n) is 3.96. The van der Waals surface area contributed by atoms with Crippen LogP contribution in [0.25, 0.3) is 0 Å². The molecule has 0 saturated heterocycles. The molecule has 14 heteroatoms. The summed E-state index contributed by atoms with van der Waals surface area (Å²) in [4.78, 5) is 41.9. The Labute approximate surface area is 172 Å². The molecule has 0 spiro atoms. The molecular formula is C17H17F3N8O3. The Balaban J connectivity index is 2.32. The molecule has 1 heterocycles. The first-order valence-corrected chi connectivity index (χ1v) is 8.59. The van der Waals surface area contributed by atoms with Crippen molar-refractivity contribution in [1.82, 2.24) is 15.4 Å². The molecule has 2 aromatic rings. The van der Waals surface area contributed by atoms with Crippen molar-refractivity contribution in [3.8, 4) is 6.07 Å². The topological polar surface area (TPSA) is 192 Å². The van der Waals surface area contributed by atoms with Gasteiger partial charge in [-0.3, -0.25) is 24.8 Å². The summed E-state index contributed by atoms with van der Waals surface area (Å²) >= 11 is 0. The van der Waals surface area contributed by atoms with Gasteiger partial charge in [-0.15, -0.1) is 0 Å². The maximum Gasteiger partial charge on any atom is 0.416 e. The number of aromatic amines is 1. The molecule has 0 unspecified atom stereocenters. The molecule has 2 amide bonds. The predicted octanol–water partition coefficient (Wildman–Crippen LogP) is 0.432. The normalized spacial score (nSPS) is 11.8. The van der Waals surface area contributed by atoms with Crippen molar-refractivity contribution in [1.29, 1.82) is 5.26 Å². The minimum Gasteiger partial charge on any atom is -0.369 e. The number of H-pyrrole nitrogens is 1. The lowest BCUT2D eigenvalue weighted by Crippen LogP contribution is -2.38. The van der Waals surface area contributed by atoms with E-state index in [4.69, 9.17) is 16.8 Å². The number of carbonyl (C=O) groups is 2. The number of nitrogen functional groups attached to an aromatic ring is 1. The Morgan fingerprint density at radius 2 is 2.03 bits per heavy atom. The largest absolute Gasteiger partial charge is 0.416 e. The molecule has 164 valence electrons. The number of nitrogens with one attached hydrogen (secondary N) is 4. The van der Waals surface area contributed by atoms with E-state index in [0.29, 0.717) is 0 Å². The van der Waals surface area contributed by atoms with Crippen LogP contribution in [0.5, 0.6) is 0 Å². The molecule has 1 atom stereocenters. The van der Waals surface area contributed by atoms with Crippen LogP contribution in [-0.2, 0) is 15.8 Å². The number of benzene rings is 1. The minimum atomic E-state index is -4.62. The molecule has 1 aromatic carbocycles. The Hall–Kier alpha value is -4.12. The van der Waals surface area contributed by atoms with Crippen LogP contribution in [-0.4, -0.2) is 27.8 Å². The SMILES string of the molecule is N#Cc1c(N[C@@H](CCC(=O)NN)C(=O)Nc2cccc(C(F)(F)F)c2)nc(N)[nH]c1=O. The number of carbonyl (C=O) groups excluding carboxylic acids is 2. The molecule has 1 aromatic heterocycles. The molecule has 0 fully saturated rings. The van der Waals surface area contributed by atoms with Gasteiger partial charge in [0.15, 0.2) is 11.4 Å².